The van der Waals surface area contributed by atoms with E-state index in [1.165, 1.54) is 42.5 Å². The standard InChI is InChI=1S/C20H17F5O5/c21-19(22,23)13-28-11-12-29-16-8-4-15(5-9-16)20(24,25)30-17-6-1-14(2-7-17)3-10-18(26)27/h1-10H,11-13H2,(H,26,27). The summed E-state index contributed by atoms with van der Waals surface area (Å²) in [5, 5.41) is 8.56. The Bertz CT molecular complexity index is 845. The highest BCUT2D eigenvalue weighted by Crippen LogP contribution is 2.32. The van der Waals surface area contributed by atoms with Crippen LogP contribution in [-0.4, -0.2) is 37.1 Å². The molecule has 2 rings (SSSR count). The Hall–Kier alpha value is -3.14. The van der Waals surface area contributed by atoms with Crippen LogP contribution in [0.4, 0.5) is 22.0 Å². The molecule has 0 atom stereocenters. The lowest BCUT2D eigenvalue weighted by atomic mass is 10.2. The average Bonchev–Trinajstić information content (AvgIpc) is 2.66. The van der Waals surface area contributed by atoms with Gasteiger partial charge in [-0.3, -0.25) is 0 Å². The second-order valence-electron chi connectivity index (χ2n) is 5.90. The Morgan fingerprint density at radius 1 is 0.900 bits per heavy atom. The number of halogens is 5. The van der Waals surface area contributed by atoms with Gasteiger partial charge in [0.05, 0.1) is 12.2 Å². The van der Waals surface area contributed by atoms with Crippen LogP contribution in [0.1, 0.15) is 11.1 Å². The molecule has 0 saturated carbocycles. The summed E-state index contributed by atoms with van der Waals surface area (Å²) in [5.41, 5.74) is 0.0341. The summed E-state index contributed by atoms with van der Waals surface area (Å²) in [4.78, 5) is 10.5. The van der Waals surface area contributed by atoms with Gasteiger partial charge in [-0.25, -0.2) is 4.79 Å². The zero-order valence-corrected chi connectivity index (χ0v) is 15.4. The fraction of sp³-hybridized carbons (Fsp3) is 0.250. The van der Waals surface area contributed by atoms with Gasteiger partial charge >= 0.3 is 18.3 Å². The van der Waals surface area contributed by atoms with Crippen molar-refractivity contribution in [3.05, 3.63) is 65.7 Å². The third-order valence-corrected chi connectivity index (χ3v) is 3.50. The minimum Gasteiger partial charge on any atom is -0.491 e. The molecule has 0 aliphatic heterocycles. The van der Waals surface area contributed by atoms with E-state index < -0.39 is 30.4 Å². The van der Waals surface area contributed by atoms with E-state index in [1.807, 2.05) is 0 Å². The summed E-state index contributed by atoms with van der Waals surface area (Å²) in [6.07, 6.45) is -5.87. The van der Waals surface area contributed by atoms with Gasteiger partial charge in [-0.15, -0.1) is 0 Å². The summed E-state index contributed by atoms with van der Waals surface area (Å²) in [6.45, 7) is -1.88. The Kier molecular flexibility index (Phi) is 7.76. The van der Waals surface area contributed by atoms with Crippen molar-refractivity contribution in [2.24, 2.45) is 0 Å². The van der Waals surface area contributed by atoms with Crippen molar-refractivity contribution < 1.29 is 46.1 Å². The van der Waals surface area contributed by atoms with Crippen molar-refractivity contribution in [2.75, 3.05) is 19.8 Å². The normalized spacial score (nSPS) is 12.2. The van der Waals surface area contributed by atoms with E-state index in [0.717, 1.165) is 18.2 Å². The minimum absolute atomic E-state index is 0.130. The van der Waals surface area contributed by atoms with Crippen LogP contribution in [0, 0.1) is 0 Å². The minimum atomic E-state index is -4.43. The number of aliphatic carboxylic acids is 1. The quantitative estimate of drug-likeness (QED) is 0.330. The van der Waals surface area contributed by atoms with Gasteiger partial charge in [0.25, 0.3) is 0 Å². The SMILES string of the molecule is O=C(O)C=Cc1ccc(OC(F)(F)c2ccc(OCCOCC(F)(F)F)cc2)cc1. The highest BCUT2D eigenvalue weighted by atomic mass is 19.4. The molecule has 30 heavy (non-hydrogen) atoms. The molecule has 0 aliphatic rings. The van der Waals surface area contributed by atoms with Crippen molar-refractivity contribution in [1.29, 1.82) is 0 Å². The first-order valence-electron chi connectivity index (χ1n) is 8.51. The molecule has 0 aromatic heterocycles. The Morgan fingerprint density at radius 3 is 2.07 bits per heavy atom. The van der Waals surface area contributed by atoms with Crippen LogP contribution >= 0.6 is 0 Å². The molecule has 0 saturated heterocycles. The first-order valence-corrected chi connectivity index (χ1v) is 8.51. The van der Waals surface area contributed by atoms with Gasteiger partial charge in [0, 0.05) is 6.08 Å². The number of benzene rings is 2. The third kappa shape index (κ3) is 8.08. The topological polar surface area (TPSA) is 65.0 Å². The lowest BCUT2D eigenvalue weighted by molar-refractivity contribution is -0.185. The first-order chi connectivity index (χ1) is 14.0. The maximum Gasteiger partial charge on any atom is 0.426 e. The van der Waals surface area contributed by atoms with Gasteiger partial charge in [-0.2, -0.15) is 22.0 Å². The smallest absolute Gasteiger partial charge is 0.426 e. The second-order valence-corrected chi connectivity index (χ2v) is 5.90. The molecule has 162 valence electrons. The molecule has 0 fully saturated rings. The van der Waals surface area contributed by atoms with Gasteiger partial charge in [0.1, 0.15) is 24.7 Å². The van der Waals surface area contributed by atoms with Crippen LogP contribution in [0.5, 0.6) is 11.5 Å². The Morgan fingerprint density at radius 2 is 1.50 bits per heavy atom. The van der Waals surface area contributed by atoms with Crippen LogP contribution in [0.15, 0.2) is 54.6 Å². The van der Waals surface area contributed by atoms with Crippen LogP contribution in [-0.2, 0) is 15.6 Å². The van der Waals surface area contributed by atoms with Gasteiger partial charge in [0.15, 0.2) is 0 Å². The Balaban J connectivity index is 1.89. The number of hydrogen-bond acceptors (Lipinski definition) is 4. The van der Waals surface area contributed by atoms with E-state index in [1.54, 1.807) is 0 Å². The summed E-state index contributed by atoms with van der Waals surface area (Å²) in [7, 11) is 0. The number of alkyl halides is 5. The van der Waals surface area contributed by atoms with Crippen molar-refractivity contribution >= 4 is 12.0 Å². The van der Waals surface area contributed by atoms with E-state index >= 15 is 0 Å². The van der Waals surface area contributed by atoms with E-state index in [-0.39, 0.29) is 24.7 Å². The van der Waals surface area contributed by atoms with E-state index in [0.29, 0.717) is 5.56 Å². The number of carboxylic acid groups (broad SMARTS) is 1. The van der Waals surface area contributed by atoms with Crippen molar-refractivity contribution in [1.82, 2.24) is 0 Å². The monoisotopic (exact) mass is 432 g/mol. The zero-order chi connectivity index (χ0) is 22.2. The van der Waals surface area contributed by atoms with E-state index in [4.69, 9.17) is 14.6 Å². The highest BCUT2D eigenvalue weighted by molar-refractivity contribution is 5.85. The summed E-state index contributed by atoms with van der Waals surface area (Å²) < 4.78 is 78.6. The van der Waals surface area contributed by atoms with Gasteiger partial charge in [0.2, 0.25) is 0 Å². The predicted molar refractivity (Wildman–Crippen MR) is 96.4 cm³/mol. The fourth-order valence-corrected chi connectivity index (χ4v) is 2.17. The van der Waals surface area contributed by atoms with Gasteiger partial charge in [-0.1, -0.05) is 12.1 Å². The Labute approximate surface area is 168 Å². The maximum atomic E-state index is 14.3. The second kappa shape index (κ2) is 10.1. The molecule has 0 unspecified atom stereocenters. The molecule has 0 aliphatic carbocycles. The molecule has 1 N–H and O–H groups in total. The summed E-state index contributed by atoms with van der Waals surface area (Å²) >= 11 is 0. The third-order valence-electron chi connectivity index (χ3n) is 3.50. The predicted octanol–water partition coefficient (Wildman–Crippen LogP) is 4.87. The largest absolute Gasteiger partial charge is 0.491 e. The molecule has 0 radical (unpaired) electrons. The van der Waals surface area contributed by atoms with Crippen molar-refractivity contribution in [2.45, 2.75) is 12.3 Å². The maximum absolute atomic E-state index is 14.3. The molecule has 2 aromatic rings. The zero-order valence-electron chi connectivity index (χ0n) is 15.4. The van der Waals surface area contributed by atoms with Crippen LogP contribution in [0.25, 0.3) is 6.08 Å². The molecule has 5 nitrogen and oxygen atoms in total. The lowest BCUT2D eigenvalue weighted by Crippen LogP contribution is -2.21. The van der Waals surface area contributed by atoms with Crippen molar-refractivity contribution in [3.8, 4) is 11.5 Å². The molecular formula is C20H17F5O5. The van der Waals surface area contributed by atoms with Gasteiger partial charge in [-0.05, 0) is 48.0 Å². The number of carbonyl (C=O) groups is 1. The molecular weight excluding hydrogens is 415 g/mol. The number of hydrogen-bond donors (Lipinski definition) is 1. The fourth-order valence-electron chi connectivity index (χ4n) is 2.17. The number of rotatable bonds is 10. The van der Waals surface area contributed by atoms with Crippen LogP contribution in [0.3, 0.4) is 0 Å². The van der Waals surface area contributed by atoms with Crippen LogP contribution < -0.4 is 9.47 Å². The first kappa shape index (κ1) is 23.1. The van der Waals surface area contributed by atoms with Gasteiger partial charge < -0.3 is 19.3 Å². The molecule has 0 spiro atoms. The molecule has 0 heterocycles. The number of carboxylic acids is 1. The van der Waals surface area contributed by atoms with E-state index in [2.05, 4.69) is 4.74 Å². The highest BCUT2D eigenvalue weighted by Gasteiger charge is 2.34. The molecule has 0 bridgehead atoms. The van der Waals surface area contributed by atoms with Crippen LogP contribution in [0.2, 0.25) is 0 Å². The molecule has 10 heteroatoms. The van der Waals surface area contributed by atoms with E-state index in [9.17, 15) is 26.7 Å². The lowest BCUT2D eigenvalue weighted by Gasteiger charge is -2.18. The average molecular weight is 432 g/mol. The van der Waals surface area contributed by atoms with Crippen molar-refractivity contribution in [3.63, 3.8) is 0 Å². The molecule has 2 aromatic carbocycles. The summed E-state index contributed by atoms with van der Waals surface area (Å²) in [6, 6.07) is 9.98. The number of ether oxygens (including phenoxy) is 3. The summed E-state index contributed by atoms with van der Waals surface area (Å²) in [5.74, 6) is -1.09. The molecule has 0 amide bonds.